The van der Waals surface area contributed by atoms with Crippen molar-refractivity contribution in [1.29, 1.82) is 0 Å². The molecule has 0 bridgehead atoms. The molecule has 0 spiro atoms. The van der Waals surface area contributed by atoms with Gasteiger partial charge >= 0.3 is 6.36 Å². The molecule has 0 aliphatic carbocycles. The number of nitrogens with zero attached hydrogens (tertiary/aromatic N) is 1. The van der Waals surface area contributed by atoms with Gasteiger partial charge in [0.05, 0.1) is 5.52 Å². The summed E-state index contributed by atoms with van der Waals surface area (Å²) in [6.45, 7) is 3.76. The number of hydrogen-bond acceptors (Lipinski definition) is 1. The van der Waals surface area contributed by atoms with Gasteiger partial charge in [0.2, 0.25) is 0 Å². The van der Waals surface area contributed by atoms with Crippen molar-refractivity contribution in [3.63, 3.8) is 0 Å². The van der Waals surface area contributed by atoms with Crippen molar-refractivity contribution in [3.8, 4) is 5.75 Å². The van der Waals surface area contributed by atoms with Crippen LogP contribution in [-0.2, 0) is 7.05 Å². The van der Waals surface area contributed by atoms with E-state index in [0.29, 0.717) is 5.52 Å². The molecule has 1 aromatic heterocycles. The van der Waals surface area contributed by atoms with Crippen LogP contribution in [0.1, 0.15) is 5.69 Å². The van der Waals surface area contributed by atoms with Crippen LogP contribution in [0.25, 0.3) is 10.9 Å². The zero-order valence-corrected chi connectivity index (χ0v) is 8.51. The summed E-state index contributed by atoms with van der Waals surface area (Å²) in [7, 11) is 1.74. The first kappa shape index (κ1) is 10.9. The van der Waals surface area contributed by atoms with Crippen LogP contribution >= 0.6 is 0 Å². The van der Waals surface area contributed by atoms with Gasteiger partial charge in [-0.05, 0) is 25.1 Å². The summed E-state index contributed by atoms with van der Waals surface area (Å²) in [5.74, 6) is -0.221. The molecule has 0 aliphatic rings. The summed E-state index contributed by atoms with van der Waals surface area (Å²) >= 11 is 0. The third-order valence-electron chi connectivity index (χ3n) is 2.35. The van der Waals surface area contributed by atoms with Gasteiger partial charge in [-0.1, -0.05) is 0 Å². The Hall–Kier alpha value is -1.65. The zero-order valence-electron chi connectivity index (χ0n) is 8.51. The lowest BCUT2D eigenvalue weighted by Gasteiger charge is -2.09. The number of aromatic nitrogens is 1. The van der Waals surface area contributed by atoms with Crippen molar-refractivity contribution in [2.45, 2.75) is 6.36 Å². The average Bonchev–Trinajstić information content (AvgIpc) is 2.42. The van der Waals surface area contributed by atoms with Crippen LogP contribution in [0, 0.1) is 6.92 Å². The van der Waals surface area contributed by atoms with Gasteiger partial charge in [0.15, 0.2) is 0 Å². The van der Waals surface area contributed by atoms with E-state index in [9.17, 15) is 13.2 Å². The normalized spacial score (nSPS) is 12.1. The minimum Gasteiger partial charge on any atom is -0.406 e. The molecule has 0 amide bonds. The Labute approximate surface area is 90.2 Å². The van der Waals surface area contributed by atoms with Crippen LogP contribution in [0.3, 0.4) is 0 Å². The Morgan fingerprint density at radius 2 is 1.94 bits per heavy atom. The van der Waals surface area contributed by atoms with E-state index in [2.05, 4.69) is 11.7 Å². The zero-order chi connectivity index (χ0) is 11.9. The van der Waals surface area contributed by atoms with Crippen molar-refractivity contribution in [1.82, 2.24) is 4.57 Å². The minimum atomic E-state index is -4.66. The van der Waals surface area contributed by atoms with Crippen LogP contribution in [0.2, 0.25) is 0 Å². The van der Waals surface area contributed by atoms with Gasteiger partial charge in [-0.25, -0.2) is 0 Å². The van der Waals surface area contributed by atoms with Crippen LogP contribution in [0.4, 0.5) is 13.2 Å². The quantitative estimate of drug-likeness (QED) is 0.730. The van der Waals surface area contributed by atoms with E-state index in [0.717, 1.165) is 11.1 Å². The summed E-state index contributed by atoms with van der Waals surface area (Å²) < 4.78 is 41.6. The smallest absolute Gasteiger partial charge is 0.406 e. The Morgan fingerprint density at radius 1 is 1.25 bits per heavy atom. The first-order valence-corrected chi connectivity index (χ1v) is 4.54. The fourth-order valence-corrected chi connectivity index (χ4v) is 1.56. The molecule has 0 unspecified atom stereocenters. The molecule has 5 heteroatoms. The molecule has 85 valence electrons. The highest BCUT2D eigenvalue weighted by Gasteiger charge is 2.31. The van der Waals surface area contributed by atoms with E-state index < -0.39 is 6.36 Å². The third-order valence-corrected chi connectivity index (χ3v) is 2.35. The molecule has 1 radical (unpaired) electrons. The topological polar surface area (TPSA) is 14.2 Å². The largest absolute Gasteiger partial charge is 0.573 e. The maximum absolute atomic E-state index is 12.0. The van der Waals surface area contributed by atoms with Crippen molar-refractivity contribution >= 4 is 10.9 Å². The Balaban J connectivity index is 2.47. The first-order valence-electron chi connectivity index (χ1n) is 4.54. The van der Waals surface area contributed by atoms with Gasteiger partial charge in [0.25, 0.3) is 0 Å². The molecule has 16 heavy (non-hydrogen) atoms. The third kappa shape index (κ3) is 1.98. The lowest BCUT2D eigenvalue weighted by atomic mass is 10.2. The van der Waals surface area contributed by atoms with Crippen LogP contribution in [-0.4, -0.2) is 10.9 Å². The maximum atomic E-state index is 12.0. The van der Waals surface area contributed by atoms with E-state index in [4.69, 9.17) is 0 Å². The van der Waals surface area contributed by atoms with Gasteiger partial charge < -0.3 is 9.30 Å². The molecule has 0 aliphatic heterocycles. The first-order chi connectivity index (χ1) is 7.37. The molecular weight excluding hydrogens is 219 g/mol. The fourth-order valence-electron chi connectivity index (χ4n) is 1.56. The van der Waals surface area contributed by atoms with Crippen molar-refractivity contribution < 1.29 is 17.9 Å². The summed E-state index contributed by atoms with van der Waals surface area (Å²) in [6.07, 6.45) is -4.66. The van der Waals surface area contributed by atoms with Crippen LogP contribution in [0.5, 0.6) is 5.75 Å². The van der Waals surface area contributed by atoms with Crippen molar-refractivity contribution in [2.75, 3.05) is 0 Å². The van der Waals surface area contributed by atoms with Gasteiger partial charge in [-0.15, -0.1) is 13.2 Å². The summed E-state index contributed by atoms with van der Waals surface area (Å²) in [5, 5.41) is 0.835. The summed E-state index contributed by atoms with van der Waals surface area (Å²) in [4.78, 5) is 0. The Morgan fingerprint density at radius 3 is 2.56 bits per heavy atom. The predicted octanol–water partition coefficient (Wildman–Crippen LogP) is 3.26. The second-order valence-corrected chi connectivity index (χ2v) is 3.46. The van der Waals surface area contributed by atoms with E-state index in [1.54, 1.807) is 23.7 Å². The maximum Gasteiger partial charge on any atom is 0.573 e. The number of aryl methyl sites for hydroxylation is 1. The highest BCUT2D eigenvalue weighted by atomic mass is 19.4. The second-order valence-electron chi connectivity index (χ2n) is 3.46. The Kier molecular flexibility index (Phi) is 2.33. The van der Waals surface area contributed by atoms with Crippen molar-refractivity contribution in [3.05, 3.63) is 36.9 Å². The van der Waals surface area contributed by atoms with Crippen LogP contribution in [0.15, 0.2) is 24.3 Å². The van der Waals surface area contributed by atoms with E-state index in [1.165, 1.54) is 12.1 Å². The molecular formula is C11H9F3NO. The number of fused-ring (bicyclic) bond motifs is 1. The highest BCUT2D eigenvalue weighted by Crippen LogP contribution is 2.27. The van der Waals surface area contributed by atoms with Crippen molar-refractivity contribution in [2.24, 2.45) is 7.05 Å². The molecule has 0 N–H and O–H groups in total. The Bertz CT molecular complexity index is 528. The predicted molar refractivity (Wildman–Crippen MR) is 54.1 cm³/mol. The van der Waals surface area contributed by atoms with Gasteiger partial charge in [0.1, 0.15) is 5.75 Å². The molecule has 2 rings (SSSR count). The monoisotopic (exact) mass is 228 g/mol. The van der Waals surface area contributed by atoms with Gasteiger partial charge in [-0.2, -0.15) is 0 Å². The lowest BCUT2D eigenvalue weighted by molar-refractivity contribution is -0.274. The molecule has 0 fully saturated rings. The van der Waals surface area contributed by atoms with Crippen LogP contribution < -0.4 is 4.74 Å². The van der Waals surface area contributed by atoms with E-state index in [-0.39, 0.29) is 5.75 Å². The minimum absolute atomic E-state index is 0.221. The molecule has 0 saturated heterocycles. The second kappa shape index (κ2) is 3.43. The number of benzene rings is 1. The summed E-state index contributed by atoms with van der Waals surface area (Å²) in [6, 6.07) is 6.00. The molecule has 2 aromatic rings. The number of halogens is 3. The molecule has 0 saturated carbocycles. The number of ether oxygens (including phenoxy) is 1. The lowest BCUT2D eigenvalue weighted by Crippen LogP contribution is -2.17. The molecule has 2 nitrogen and oxygen atoms in total. The van der Waals surface area contributed by atoms with Gasteiger partial charge in [0, 0.05) is 24.2 Å². The molecule has 1 heterocycles. The highest BCUT2D eigenvalue weighted by molar-refractivity contribution is 5.82. The standard InChI is InChI=1S/C11H9F3NO/c1-7-5-8-3-4-9(16-11(12,13)14)6-10(8)15(7)2/h3-6H,1H2,2H3. The molecule has 0 atom stereocenters. The average molecular weight is 228 g/mol. The fraction of sp³-hybridized carbons (Fsp3) is 0.182. The van der Waals surface area contributed by atoms with E-state index in [1.807, 2.05) is 0 Å². The number of rotatable bonds is 1. The number of alkyl halides is 3. The molecule has 1 aromatic carbocycles. The SMILES string of the molecule is [CH2]c1cc2ccc(OC(F)(F)F)cc2n1C. The van der Waals surface area contributed by atoms with E-state index >= 15 is 0 Å². The summed E-state index contributed by atoms with van der Waals surface area (Å²) in [5.41, 5.74) is 1.39. The number of hydrogen-bond donors (Lipinski definition) is 0. The van der Waals surface area contributed by atoms with Gasteiger partial charge in [-0.3, -0.25) is 0 Å².